The molecule has 20 heavy (non-hydrogen) atoms. The lowest BCUT2D eigenvalue weighted by Crippen LogP contribution is -1.98. The molecule has 0 atom stereocenters. The van der Waals surface area contributed by atoms with Crippen molar-refractivity contribution in [2.24, 2.45) is 0 Å². The number of nitrogens with zero attached hydrogens (tertiary/aromatic N) is 2. The molecule has 0 aromatic heterocycles. The predicted octanol–water partition coefficient (Wildman–Crippen LogP) is 4.56. The molecule has 3 nitrogen and oxygen atoms in total. The minimum absolute atomic E-state index is 0.379. The van der Waals surface area contributed by atoms with Crippen LogP contribution in [0.5, 0.6) is 5.75 Å². The van der Waals surface area contributed by atoms with E-state index in [9.17, 15) is 0 Å². The fourth-order valence-corrected chi connectivity index (χ4v) is 2.05. The third-order valence-electron chi connectivity index (χ3n) is 3.25. The second-order valence-corrected chi connectivity index (χ2v) is 4.90. The van der Waals surface area contributed by atoms with Gasteiger partial charge in [-0.1, -0.05) is 45.4 Å². The summed E-state index contributed by atoms with van der Waals surface area (Å²) in [5, 5.41) is 17.8. The molecular formula is C17H22N2O. The molecule has 0 aliphatic heterocycles. The average molecular weight is 270 g/mol. The van der Waals surface area contributed by atoms with Gasteiger partial charge < -0.3 is 4.74 Å². The molecule has 0 aliphatic carbocycles. The van der Waals surface area contributed by atoms with E-state index in [4.69, 9.17) is 15.3 Å². The van der Waals surface area contributed by atoms with Crippen LogP contribution in [0.15, 0.2) is 18.2 Å². The zero-order valence-electron chi connectivity index (χ0n) is 12.2. The van der Waals surface area contributed by atoms with Crippen LogP contribution in [0.1, 0.15) is 63.0 Å². The summed E-state index contributed by atoms with van der Waals surface area (Å²) in [6.45, 7) is 2.89. The maximum atomic E-state index is 8.93. The molecule has 0 spiro atoms. The molecule has 3 heteroatoms. The largest absolute Gasteiger partial charge is 0.494 e. The minimum Gasteiger partial charge on any atom is -0.494 e. The van der Waals surface area contributed by atoms with Crippen molar-refractivity contribution in [3.05, 3.63) is 29.3 Å². The van der Waals surface area contributed by atoms with Crippen molar-refractivity contribution in [3.63, 3.8) is 0 Å². The molecule has 0 N–H and O–H groups in total. The number of hydrogen-bond donors (Lipinski definition) is 0. The SMILES string of the molecule is CCCCCCCCCOc1ccc(C#N)c(C#N)c1. The van der Waals surface area contributed by atoms with E-state index in [1.807, 2.05) is 12.1 Å². The molecule has 1 rings (SSSR count). The highest BCUT2D eigenvalue weighted by Crippen LogP contribution is 2.17. The summed E-state index contributed by atoms with van der Waals surface area (Å²) in [4.78, 5) is 0. The highest BCUT2D eigenvalue weighted by atomic mass is 16.5. The Bertz CT molecular complexity index is 483. The molecular weight excluding hydrogens is 248 g/mol. The summed E-state index contributed by atoms with van der Waals surface area (Å²) in [6.07, 6.45) is 8.74. The fourth-order valence-electron chi connectivity index (χ4n) is 2.05. The molecule has 0 aliphatic rings. The Kier molecular flexibility index (Phi) is 7.92. The Morgan fingerprint density at radius 2 is 1.55 bits per heavy atom. The van der Waals surface area contributed by atoms with E-state index in [1.54, 1.807) is 18.2 Å². The summed E-state index contributed by atoms with van der Waals surface area (Å²) < 4.78 is 5.62. The summed E-state index contributed by atoms with van der Waals surface area (Å²) in [7, 11) is 0. The van der Waals surface area contributed by atoms with Gasteiger partial charge in [0.25, 0.3) is 0 Å². The van der Waals surface area contributed by atoms with Crippen LogP contribution in [0.25, 0.3) is 0 Å². The summed E-state index contributed by atoms with van der Waals surface area (Å²) in [5.41, 5.74) is 0.778. The number of rotatable bonds is 9. The lowest BCUT2D eigenvalue weighted by molar-refractivity contribution is 0.304. The van der Waals surface area contributed by atoms with Crippen molar-refractivity contribution in [3.8, 4) is 17.9 Å². The van der Waals surface area contributed by atoms with Crippen LogP contribution in [0.3, 0.4) is 0 Å². The molecule has 0 saturated heterocycles. The fraction of sp³-hybridized carbons (Fsp3) is 0.529. The Morgan fingerprint density at radius 1 is 0.900 bits per heavy atom. The molecule has 106 valence electrons. The van der Waals surface area contributed by atoms with Gasteiger partial charge in [-0.2, -0.15) is 10.5 Å². The van der Waals surface area contributed by atoms with Gasteiger partial charge in [-0.05, 0) is 24.6 Å². The molecule has 0 unspecified atom stereocenters. The van der Waals surface area contributed by atoms with Gasteiger partial charge in [0.2, 0.25) is 0 Å². The van der Waals surface area contributed by atoms with Crippen LogP contribution in [0, 0.1) is 22.7 Å². The molecule has 0 heterocycles. The van der Waals surface area contributed by atoms with E-state index in [2.05, 4.69) is 6.92 Å². The minimum atomic E-state index is 0.379. The van der Waals surface area contributed by atoms with E-state index >= 15 is 0 Å². The molecule has 0 bridgehead atoms. The van der Waals surface area contributed by atoms with Gasteiger partial charge in [-0.25, -0.2) is 0 Å². The van der Waals surface area contributed by atoms with E-state index in [1.165, 1.54) is 38.5 Å². The Balaban J connectivity index is 2.23. The standard InChI is InChI=1S/C17H22N2O/c1-2-3-4-5-6-7-8-11-20-17-10-9-15(13-18)16(12-17)14-19/h9-10,12H,2-8,11H2,1H3. The van der Waals surface area contributed by atoms with E-state index in [0.29, 0.717) is 23.5 Å². The zero-order valence-corrected chi connectivity index (χ0v) is 12.2. The van der Waals surface area contributed by atoms with Crippen LogP contribution in [-0.4, -0.2) is 6.61 Å². The van der Waals surface area contributed by atoms with Gasteiger partial charge in [0.15, 0.2) is 0 Å². The average Bonchev–Trinajstić information content (AvgIpc) is 2.49. The molecule has 1 aromatic carbocycles. The maximum Gasteiger partial charge on any atom is 0.120 e. The first-order chi connectivity index (χ1) is 9.81. The second-order valence-electron chi connectivity index (χ2n) is 4.90. The van der Waals surface area contributed by atoms with Crippen LogP contribution in [-0.2, 0) is 0 Å². The highest BCUT2D eigenvalue weighted by molar-refractivity contribution is 5.49. The van der Waals surface area contributed by atoms with Crippen molar-refractivity contribution in [2.75, 3.05) is 6.61 Å². The first kappa shape index (κ1) is 16.1. The van der Waals surface area contributed by atoms with E-state index < -0.39 is 0 Å². The lowest BCUT2D eigenvalue weighted by atomic mass is 10.1. The first-order valence-electron chi connectivity index (χ1n) is 7.39. The maximum absolute atomic E-state index is 8.93. The normalized spacial score (nSPS) is 9.75. The van der Waals surface area contributed by atoms with Gasteiger partial charge in [0.1, 0.15) is 17.9 Å². The van der Waals surface area contributed by atoms with Crippen LogP contribution < -0.4 is 4.74 Å². The molecule has 0 fully saturated rings. The summed E-state index contributed by atoms with van der Waals surface area (Å²) in [6, 6.07) is 9.04. The highest BCUT2D eigenvalue weighted by Gasteiger charge is 2.03. The van der Waals surface area contributed by atoms with Gasteiger partial charge >= 0.3 is 0 Å². The van der Waals surface area contributed by atoms with E-state index in [0.717, 1.165) is 6.42 Å². The van der Waals surface area contributed by atoms with E-state index in [-0.39, 0.29) is 0 Å². The molecule has 0 saturated carbocycles. The van der Waals surface area contributed by atoms with Crippen molar-refractivity contribution in [2.45, 2.75) is 51.9 Å². The Hall–Kier alpha value is -2.00. The predicted molar refractivity (Wildman–Crippen MR) is 79.4 cm³/mol. The number of unbranched alkanes of at least 4 members (excludes halogenated alkanes) is 6. The van der Waals surface area contributed by atoms with Crippen LogP contribution >= 0.6 is 0 Å². The number of hydrogen-bond acceptors (Lipinski definition) is 3. The second kappa shape index (κ2) is 9.87. The molecule has 0 radical (unpaired) electrons. The monoisotopic (exact) mass is 270 g/mol. The van der Waals surface area contributed by atoms with Crippen molar-refractivity contribution < 1.29 is 4.74 Å². The number of nitriles is 2. The Morgan fingerprint density at radius 3 is 2.20 bits per heavy atom. The summed E-state index contributed by atoms with van der Waals surface area (Å²) in [5.74, 6) is 0.673. The van der Waals surface area contributed by atoms with Crippen LogP contribution in [0.2, 0.25) is 0 Å². The smallest absolute Gasteiger partial charge is 0.120 e. The number of ether oxygens (including phenoxy) is 1. The third-order valence-corrected chi connectivity index (χ3v) is 3.25. The van der Waals surface area contributed by atoms with Crippen molar-refractivity contribution in [1.29, 1.82) is 10.5 Å². The summed E-state index contributed by atoms with van der Waals surface area (Å²) >= 11 is 0. The van der Waals surface area contributed by atoms with Gasteiger partial charge in [-0.3, -0.25) is 0 Å². The first-order valence-corrected chi connectivity index (χ1v) is 7.39. The molecule has 0 amide bonds. The topological polar surface area (TPSA) is 56.8 Å². The third kappa shape index (κ3) is 5.76. The Labute approximate surface area is 121 Å². The van der Waals surface area contributed by atoms with Crippen molar-refractivity contribution >= 4 is 0 Å². The van der Waals surface area contributed by atoms with Crippen LogP contribution in [0.4, 0.5) is 0 Å². The van der Waals surface area contributed by atoms with Gasteiger partial charge in [0, 0.05) is 0 Å². The van der Waals surface area contributed by atoms with Gasteiger partial charge in [0.05, 0.1) is 17.7 Å². The lowest BCUT2D eigenvalue weighted by Gasteiger charge is -2.07. The zero-order chi connectivity index (χ0) is 14.6. The molecule has 1 aromatic rings. The van der Waals surface area contributed by atoms with Gasteiger partial charge in [-0.15, -0.1) is 0 Å². The quantitative estimate of drug-likeness (QED) is 0.618. The number of benzene rings is 1. The van der Waals surface area contributed by atoms with Crippen molar-refractivity contribution in [1.82, 2.24) is 0 Å².